The van der Waals surface area contributed by atoms with E-state index in [2.05, 4.69) is 0 Å². The van der Waals surface area contributed by atoms with E-state index >= 15 is 0 Å². The summed E-state index contributed by atoms with van der Waals surface area (Å²) in [6.07, 6.45) is 8.85. The summed E-state index contributed by atoms with van der Waals surface area (Å²) in [6.45, 7) is 2.37. The summed E-state index contributed by atoms with van der Waals surface area (Å²) in [6, 6.07) is 16.0. The van der Waals surface area contributed by atoms with Gasteiger partial charge in [-0.3, -0.25) is 4.79 Å². The SMILES string of the molecule is CCC(=O)C=Cc1ccc(OCc2ccccc2)c(OC2CCCC2)c1. The molecule has 3 rings (SSSR count). The summed E-state index contributed by atoms with van der Waals surface area (Å²) in [7, 11) is 0. The number of carbonyl (C=O) groups is 1. The fourth-order valence-corrected chi connectivity index (χ4v) is 3.07. The molecule has 0 heterocycles. The summed E-state index contributed by atoms with van der Waals surface area (Å²) in [5.41, 5.74) is 2.07. The number of benzene rings is 2. The molecule has 0 atom stereocenters. The third-order valence-corrected chi connectivity index (χ3v) is 4.61. The second-order valence-electron chi connectivity index (χ2n) is 6.66. The maximum absolute atomic E-state index is 11.5. The molecule has 0 aromatic heterocycles. The van der Waals surface area contributed by atoms with E-state index in [1.165, 1.54) is 12.8 Å². The van der Waals surface area contributed by atoms with Gasteiger partial charge in [0.2, 0.25) is 0 Å². The van der Waals surface area contributed by atoms with Crippen molar-refractivity contribution in [2.45, 2.75) is 51.7 Å². The Morgan fingerprint density at radius 2 is 1.85 bits per heavy atom. The van der Waals surface area contributed by atoms with Crippen LogP contribution in [-0.2, 0) is 11.4 Å². The average Bonchev–Trinajstić information content (AvgIpc) is 3.19. The van der Waals surface area contributed by atoms with Crippen molar-refractivity contribution in [2.75, 3.05) is 0 Å². The quantitative estimate of drug-likeness (QED) is 0.583. The average molecular weight is 350 g/mol. The van der Waals surface area contributed by atoms with E-state index in [0.717, 1.165) is 35.5 Å². The van der Waals surface area contributed by atoms with Crippen molar-refractivity contribution in [3.8, 4) is 11.5 Å². The molecule has 1 saturated carbocycles. The van der Waals surface area contributed by atoms with Crippen LogP contribution in [0.4, 0.5) is 0 Å². The zero-order valence-corrected chi connectivity index (χ0v) is 15.3. The Hall–Kier alpha value is -2.55. The van der Waals surface area contributed by atoms with Crippen LogP contribution in [0.2, 0.25) is 0 Å². The van der Waals surface area contributed by atoms with Crippen LogP contribution in [0.25, 0.3) is 6.08 Å². The van der Waals surface area contributed by atoms with Crippen LogP contribution in [0, 0.1) is 0 Å². The fourth-order valence-electron chi connectivity index (χ4n) is 3.07. The van der Waals surface area contributed by atoms with Gasteiger partial charge in [-0.1, -0.05) is 49.4 Å². The monoisotopic (exact) mass is 350 g/mol. The molecule has 1 aliphatic rings. The second kappa shape index (κ2) is 9.23. The van der Waals surface area contributed by atoms with E-state index in [-0.39, 0.29) is 11.9 Å². The molecule has 0 aliphatic heterocycles. The molecule has 0 saturated heterocycles. The van der Waals surface area contributed by atoms with Crippen molar-refractivity contribution >= 4 is 11.9 Å². The maximum Gasteiger partial charge on any atom is 0.162 e. The number of allylic oxidation sites excluding steroid dienone is 1. The summed E-state index contributed by atoms with van der Waals surface area (Å²) < 4.78 is 12.2. The van der Waals surface area contributed by atoms with Gasteiger partial charge in [0, 0.05) is 6.42 Å². The van der Waals surface area contributed by atoms with E-state index < -0.39 is 0 Å². The Labute approximate surface area is 155 Å². The minimum atomic E-state index is 0.118. The highest BCUT2D eigenvalue weighted by Gasteiger charge is 2.18. The molecule has 0 spiro atoms. The van der Waals surface area contributed by atoms with Crippen LogP contribution in [-0.4, -0.2) is 11.9 Å². The number of hydrogen-bond acceptors (Lipinski definition) is 3. The molecule has 1 fully saturated rings. The lowest BCUT2D eigenvalue weighted by Gasteiger charge is -2.17. The van der Waals surface area contributed by atoms with Crippen LogP contribution >= 0.6 is 0 Å². The normalized spacial score (nSPS) is 14.7. The van der Waals surface area contributed by atoms with Gasteiger partial charge in [-0.15, -0.1) is 0 Å². The van der Waals surface area contributed by atoms with Crippen LogP contribution in [0.5, 0.6) is 11.5 Å². The van der Waals surface area contributed by atoms with Gasteiger partial charge in [0.25, 0.3) is 0 Å². The van der Waals surface area contributed by atoms with Crippen LogP contribution < -0.4 is 9.47 Å². The molecule has 1 aliphatic carbocycles. The smallest absolute Gasteiger partial charge is 0.162 e. The van der Waals surface area contributed by atoms with Gasteiger partial charge in [0.05, 0.1) is 6.10 Å². The van der Waals surface area contributed by atoms with Gasteiger partial charge >= 0.3 is 0 Å². The lowest BCUT2D eigenvalue weighted by molar-refractivity contribution is -0.114. The highest BCUT2D eigenvalue weighted by Crippen LogP contribution is 2.33. The van der Waals surface area contributed by atoms with Crippen molar-refractivity contribution < 1.29 is 14.3 Å². The highest BCUT2D eigenvalue weighted by molar-refractivity contribution is 5.93. The summed E-state index contributed by atoms with van der Waals surface area (Å²) >= 11 is 0. The molecule has 0 radical (unpaired) electrons. The zero-order valence-electron chi connectivity index (χ0n) is 15.3. The van der Waals surface area contributed by atoms with Crippen molar-refractivity contribution in [3.63, 3.8) is 0 Å². The topological polar surface area (TPSA) is 35.5 Å². The van der Waals surface area contributed by atoms with Crippen LogP contribution in [0.15, 0.2) is 54.6 Å². The Morgan fingerprint density at radius 3 is 2.58 bits per heavy atom. The molecule has 0 N–H and O–H groups in total. The first-order chi connectivity index (χ1) is 12.7. The van der Waals surface area contributed by atoms with Gasteiger partial charge in [0.15, 0.2) is 17.3 Å². The van der Waals surface area contributed by atoms with Gasteiger partial charge in [-0.05, 0) is 55.0 Å². The number of carbonyl (C=O) groups excluding carboxylic acids is 1. The Kier molecular flexibility index (Phi) is 6.48. The van der Waals surface area contributed by atoms with Crippen molar-refractivity contribution in [2.24, 2.45) is 0 Å². The second-order valence-corrected chi connectivity index (χ2v) is 6.66. The molecule has 0 bridgehead atoms. The van der Waals surface area contributed by atoms with E-state index in [9.17, 15) is 4.79 Å². The van der Waals surface area contributed by atoms with Crippen molar-refractivity contribution in [1.82, 2.24) is 0 Å². The van der Waals surface area contributed by atoms with E-state index in [1.54, 1.807) is 6.08 Å². The molecular weight excluding hydrogens is 324 g/mol. The Morgan fingerprint density at radius 1 is 1.08 bits per heavy atom. The van der Waals surface area contributed by atoms with Gasteiger partial charge < -0.3 is 9.47 Å². The van der Waals surface area contributed by atoms with Crippen molar-refractivity contribution in [3.05, 3.63) is 65.7 Å². The molecule has 2 aromatic carbocycles. The predicted molar refractivity (Wildman–Crippen MR) is 104 cm³/mol. The Balaban J connectivity index is 1.76. The molecule has 3 heteroatoms. The fraction of sp³-hybridized carbons (Fsp3) is 0.348. The Bertz CT molecular complexity index is 743. The summed E-state index contributed by atoms with van der Waals surface area (Å²) in [5, 5.41) is 0. The van der Waals surface area contributed by atoms with Gasteiger partial charge in [0.1, 0.15) is 6.61 Å². The minimum Gasteiger partial charge on any atom is -0.487 e. The largest absolute Gasteiger partial charge is 0.487 e. The molecule has 26 heavy (non-hydrogen) atoms. The number of ether oxygens (including phenoxy) is 2. The van der Waals surface area contributed by atoms with Gasteiger partial charge in [-0.2, -0.15) is 0 Å². The third-order valence-electron chi connectivity index (χ3n) is 4.61. The third kappa shape index (κ3) is 5.22. The van der Waals surface area contributed by atoms with Crippen molar-refractivity contribution in [1.29, 1.82) is 0 Å². The van der Waals surface area contributed by atoms with E-state index in [0.29, 0.717) is 13.0 Å². The van der Waals surface area contributed by atoms with E-state index in [1.807, 2.05) is 61.5 Å². The van der Waals surface area contributed by atoms with Crippen LogP contribution in [0.3, 0.4) is 0 Å². The first-order valence-corrected chi connectivity index (χ1v) is 9.43. The molecule has 3 nitrogen and oxygen atoms in total. The number of hydrogen-bond donors (Lipinski definition) is 0. The molecule has 136 valence electrons. The first kappa shape index (κ1) is 18.2. The number of rotatable bonds is 8. The molecule has 2 aromatic rings. The molecular formula is C23H26O3. The summed E-state index contributed by atoms with van der Waals surface area (Å²) in [4.78, 5) is 11.5. The summed E-state index contributed by atoms with van der Waals surface area (Å²) in [5.74, 6) is 1.63. The van der Waals surface area contributed by atoms with E-state index in [4.69, 9.17) is 9.47 Å². The molecule has 0 unspecified atom stereocenters. The van der Waals surface area contributed by atoms with Crippen LogP contribution in [0.1, 0.15) is 50.2 Å². The first-order valence-electron chi connectivity index (χ1n) is 9.43. The predicted octanol–water partition coefficient (Wildman–Crippen LogP) is 5.58. The number of ketones is 1. The maximum atomic E-state index is 11.5. The highest BCUT2D eigenvalue weighted by atomic mass is 16.5. The standard InChI is InChI=1S/C23H26O3/c1-2-20(24)14-12-18-13-15-22(25-17-19-8-4-3-5-9-19)23(16-18)26-21-10-6-7-11-21/h3-5,8-9,12-16,21H,2,6-7,10-11,17H2,1H3. The van der Waals surface area contributed by atoms with Gasteiger partial charge in [-0.25, -0.2) is 0 Å². The lowest BCUT2D eigenvalue weighted by atomic mass is 10.1. The lowest BCUT2D eigenvalue weighted by Crippen LogP contribution is -2.12. The molecule has 0 amide bonds. The zero-order chi connectivity index (χ0) is 18.2. The minimum absolute atomic E-state index is 0.118.